The topological polar surface area (TPSA) is 0 Å². The van der Waals surface area contributed by atoms with Gasteiger partial charge in [-0.3, -0.25) is 0 Å². The average Bonchev–Trinajstić information content (AvgIpc) is 2.46. The molecule has 122 valence electrons. The van der Waals surface area contributed by atoms with Crippen LogP contribution in [0.5, 0.6) is 0 Å². The van der Waals surface area contributed by atoms with Gasteiger partial charge < -0.3 is 0 Å². The lowest BCUT2D eigenvalue weighted by Crippen LogP contribution is -1.95. The SMILES string of the molecule is CCCCCCCCCCCCCCC(C)CCCI. The van der Waals surface area contributed by atoms with E-state index in [2.05, 4.69) is 36.4 Å². The molecule has 1 atom stereocenters. The Balaban J connectivity index is 3.02. The van der Waals surface area contributed by atoms with Gasteiger partial charge >= 0.3 is 0 Å². The van der Waals surface area contributed by atoms with E-state index < -0.39 is 0 Å². The second kappa shape index (κ2) is 17.8. The number of unbranched alkanes of at least 4 members (excludes halogenated alkanes) is 11. The lowest BCUT2D eigenvalue weighted by Gasteiger charge is -2.09. The van der Waals surface area contributed by atoms with Crippen LogP contribution in [0.3, 0.4) is 0 Å². The molecule has 0 aromatic rings. The molecule has 0 nitrogen and oxygen atoms in total. The number of halogens is 1. The van der Waals surface area contributed by atoms with Gasteiger partial charge in [-0.15, -0.1) is 0 Å². The van der Waals surface area contributed by atoms with Gasteiger partial charge in [-0.05, 0) is 23.2 Å². The van der Waals surface area contributed by atoms with Crippen molar-refractivity contribution in [1.82, 2.24) is 0 Å². The Morgan fingerprint density at radius 1 is 0.600 bits per heavy atom. The summed E-state index contributed by atoms with van der Waals surface area (Å²) in [6.45, 7) is 4.73. The first-order chi connectivity index (χ1) is 9.81. The van der Waals surface area contributed by atoms with Crippen LogP contribution in [0.4, 0.5) is 0 Å². The first-order valence-electron chi connectivity index (χ1n) is 9.37. The maximum Gasteiger partial charge on any atom is -0.000463 e. The van der Waals surface area contributed by atoms with Crippen LogP contribution in [-0.2, 0) is 0 Å². The molecule has 1 unspecified atom stereocenters. The van der Waals surface area contributed by atoms with Crippen molar-refractivity contribution in [1.29, 1.82) is 0 Å². The Morgan fingerprint density at radius 2 is 1.00 bits per heavy atom. The predicted molar refractivity (Wildman–Crippen MR) is 103 cm³/mol. The van der Waals surface area contributed by atoms with Crippen LogP contribution in [0.15, 0.2) is 0 Å². The summed E-state index contributed by atoms with van der Waals surface area (Å²) < 4.78 is 1.33. The molecule has 1 heteroatoms. The van der Waals surface area contributed by atoms with Crippen LogP contribution >= 0.6 is 22.6 Å². The van der Waals surface area contributed by atoms with Crippen molar-refractivity contribution >= 4 is 22.6 Å². The molecule has 0 rings (SSSR count). The third kappa shape index (κ3) is 16.8. The number of rotatable bonds is 16. The Morgan fingerprint density at radius 3 is 1.45 bits per heavy atom. The molecule has 0 aliphatic heterocycles. The molecule has 0 saturated heterocycles. The smallest absolute Gasteiger partial charge is 0.000463 e. The van der Waals surface area contributed by atoms with Crippen molar-refractivity contribution in [2.24, 2.45) is 5.92 Å². The second-order valence-electron chi connectivity index (χ2n) is 6.61. The maximum atomic E-state index is 2.50. The molecule has 0 aliphatic rings. The van der Waals surface area contributed by atoms with Crippen molar-refractivity contribution in [3.8, 4) is 0 Å². The molecule has 0 radical (unpaired) electrons. The molecule has 0 spiro atoms. The van der Waals surface area contributed by atoms with E-state index in [-0.39, 0.29) is 0 Å². The Kier molecular flexibility index (Phi) is 18.4. The summed E-state index contributed by atoms with van der Waals surface area (Å²) >= 11 is 2.50. The van der Waals surface area contributed by atoms with E-state index in [4.69, 9.17) is 0 Å². The minimum atomic E-state index is 0.966. The minimum absolute atomic E-state index is 0.966. The van der Waals surface area contributed by atoms with E-state index in [0.29, 0.717) is 0 Å². The van der Waals surface area contributed by atoms with Gasteiger partial charge in [0.25, 0.3) is 0 Å². The lowest BCUT2D eigenvalue weighted by molar-refractivity contribution is 0.452. The van der Waals surface area contributed by atoms with Gasteiger partial charge in [0.1, 0.15) is 0 Å². The highest BCUT2D eigenvalue weighted by molar-refractivity contribution is 14.1. The molecule has 0 fully saturated rings. The summed E-state index contributed by atoms with van der Waals surface area (Å²) in [5.74, 6) is 0.966. The maximum absolute atomic E-state index is 2.50. The molecule has 20 heavy (non-hydrogen) atoms. The summed E-state index contributed by atoms with van der Waals surface area (Å²) in [6.07, 6.45) is 21.9. The van der Waals surface area contributed by atoms with E-state index in [1.165, 1.54) is 101 Å². The molecule has 0 amide bonds. The van der Waals surface area contributed by atoms with Crippen molar-refractivity contribution in [2.75, 3.05) is 4.43 Å². The van der Waals surface area contributed by atoms with Gasteiger partial charge in [0.05, 0.1) is 0 Å². The Hall–Kier alpha value is 0.730. The Labute approximate surface area is 143 Å². The summed E-state index contributed by atoms with van der Waals surface area (Å²) in [6, 6.07) is 0. The minimum Gasteiger partial charge on any atom is -0.0864 e. The average molecular weight is 394 g/mol. The van der Waals surface area contributed by atoms with Crippen molar-refractivity contribution in [2.45, 2.75) is 110 Å². The van der Waals surface area contributed by atoms with E-state index >= 15 is 0 Å². The number of hydrogen-bond donors (Lipinski definition) is 0. The fourth-order valence-electron chi connectivity index (χ4n) is 2.90. The van der Waals surface area contributed by atoms with Crippen LogP contribution in [-0.4, -0.2) is 4.43 Å². The largest absolute Gasteiger partial charge is 0.0864 e. The lowest BCUT2D eigenvalue weighted by atomic mass is 9.98. The monoisotopic (exact) mass is 394 g/mol. The predicted octanol–water partition coefficient (Wildman–Crippen LogP) is 7.93. The van der Waals surface area contributed by atoms with E-state index in [9.17, 15) is 0 Å². The molecule has 0 saturated carbocycles. The second-order valence-corrected chi connectivity index (χ2v) is 7.69. The van der Waals surface area contributed by atoms with Gasteiger partial charge in [0.2, 0.25) is 0 Å². The molecule has 0 aromatic carbocycles. The van der Waals surface area contributed by atoms with Gasteiger partial charge in [-0.25, -0.2) is 0 Å². The van der Waals surface area contributed by atoms with Gasteiger partial charge in [0.15, 0.2) is 0 Å². The molecule has 0 aliphatic carbocycles. The zero-order chi connectivity index (χ0) is 14.9. The van der Waals surface area contributed by atoms with Gasteiger partial charge in [-0.1, -0.05) is 120 Å². The standard InChI is InChI=1S/C19H39I/c1-3-4-5-6-7-8-9-10-11-12-13-14-16-19(2)17-15-18-20/h19H,3-18H2,1-2H3. The third-order valence-corrected chi connectivity index (χ3v) is 5.14. The van der Waals surface area contributed by atoms with Crippen molar-refractivity contribution in [3.63, 3.8) is 0 Å². The zero-order valence-electron chi connectivity index (χ0n) is 14.3. The highest BCUT2D eigenvalue weighted by Gasteiger charge is 2.01. The van der Waals surface area contributed by atoms with Crippen LogP contribution in [0.2, 0.25) is 0 Å². The van der Waals surface area contributed by atoms with Crippen molar-refractivity contribution in [3.05, 3.63) is 0 Å². The first-order valence-corrected chi connectivity index (χ1v) is 10.9. The molecule has 0 bridgehead atoms. The fraction of sp³-hybridized carbons (Fsp3) is 1.00. The van der Waals surface area contributed by atoms with Crippen LogP contribution < -0.4 is 0 Å². The highest BCUT2D eigenvalue weighted by atomic mass is 127. The van der Waals surface area contributed by atoms with Crippen LogP contribution in [0.1, 0.15) is 110 Å². The number of hydrogen-bond acceptors (Lipinski definition) is 0. The third-order valence-electron chi connectivity index (χ3n) is 4.38. The van der Waals surface area contributed by atoms with Gasteiger partial charge in [0, 0.05) is 0 Å². The van der Waals surface area contributed by atoms with Crippen LogP contribution in [0, 0.1) is 5.92 Å². The van der Waals surface area contributed by atoms with E-state index in [0.717, 1.165) is 5.92 Å². The van der Waals surface area contributed by atoms with E-state index in [1.807, 2.05) is 0 Å². The highest BCUT2D eigenvalue weighted by Crippen LogP contribution is 2.17. The normalized spacial score (nSPS) is 12.8. The quantitative estimate of drug-likeness (QED) is 0.142. The molecule has 0 aromatic heterocycles. The number of alkyl halides is 1. The molecular formula is C19H39I. The molecular weight excluding hydrogens is 355 g/mol. The van der Waals surface area contributed by atoms with Crippen molar-refractivity contribution < 1.29 is 0 Å². The summed E-state index contributed by atoms with van der Waals surface area (Å²) in [5, 5.41) is 0. The summed E-state index contributed by atoms with van der Waals surface area (Å²) in [5.41, 5.74) is 0. The fourth-order valence-corrected chi connectivity index (χ4v) is 3.34. The first kappa shape index (κ1) is 20.7. The Bertz CT molecular complexity index is 167. The summed E-state index contributed by atoms with van der Waals surface area (Å²) in [4.78, 5) is 0. The van der Waals surface area contributed by atoms with Crippen LogP contribution in [0.25, 0.3) is 0 Å². The summed E-state index contributed by atoms with van der Waals surface area (Å²) in [7, 11) is 0. The zero-order valence-corrected chi connectivity index (χ0v) is 16.4. The molecule has 0 heterocycles. The van der Waals surface area contributed by atoms with Gasteiger partial charge in [-0.2, -0.15) is 0 Å². The molecule has 0 N–H and O–H groups in total. The van der Waals surface area contributed by atoms with E-state index in [1.54, 1.807) is 0 Å².